The Morgan fingerprint density at radius 3 is 2.38 bits per heavy atom. The molecule has 0 amide bonds. The molecule has 6 atom stereocenters. The van der Waals surface area contributed by atoms with Crippen molar-refractivity contribution in [3.05, 3.63) is 35.4 Å². The Bertz CT molecular complexity index is 498. The van der Waals surface area contributed by atoms with Crippen LogP contribution in [0.5, 0.6) is 0 Å². The highest BCUT2D eigenvalue weighted by Crippen LogP contribution is 2.41. The molecule has 0 bridgehead atoms. The molecule has 6 unspecified atom stereocenters. The Labute approximate surface area is 129 Å². The summed E-state index contributed by atoms with van der Waals surface area (Å²) in [4.78, 5) is 2.72. The molecule has 1 aliphatic heterocycles. The summed E-state index contributed by atoms with van der Waals surface area (Å²) in [7, 11) is 0. The average Bonchev–Trinajstić information content (AvgIpc) is 2.47. The van der Waals surface area contributed by atoms with Gasteiger partial charge < -0.3 is 5.73 Å². The summed E-state index contributed by atoms with van der Waals surface area (Å²) in [5.41, 5.74) is 9.53. The molecular weight excluding hydrogens is 256 g/mol. The number of rotatable bonds is 1. The number of piperidine rings is 1. The minimum absolute atomic E-state index is 0.164. The summed E-state index contributed by atoms with van der Waals surface area (Å²) in [6, 6.07) is 10.1. The second kappa shape index (κ2) is 5.73. The van der Waals surface area contributed by atoms with Gasteiger partial charge in [0.25, 0.3) is 0 Å². The molecule has 116 valence electrons. The van der Waals surface area contributed by atoms with Crippen molar-refractivity contribution in [2.75, 3.05) is 6.54 Å². The molecule has 1 aromatic carbocycles. The minimum atomic E-state index is 0.164. The Hall–Kier alpha value is -0.860. The zero-order valence-electron chi connectivity index (χ0n) is 13.9. The fourth-order valence-corrected chi connectivity index (χ4v) is 4.64. The topological polar surface area (TPSA) is 29.3 Å². The van der Waals surface area contributed by atoms with Gasteiger partial charge in [0.2, 0.25) is 0 Å². The maximum Gasteiger partial charge on any atom is 0.0456 e. The second-order valence-electron chi connectivity index (χ2n) is 7.61. The highest BCUT2D eigenvalue weighted by Gasteiger charge is 2.39. The lowest BCUT2D eigenvalue weighted by Gasteiger charge is -2.49. The van der Waals surface area contributed by atoms with Gasteiger partial charge in [0.05, 0.1) is 0 Å². The van der Waals surface area contributed by atoms with Crippen LogP contribution in [0.2, 0.25) is 0 Å². The van der Waals surface area contributed by atoms with E-state index in [1.165, 1.54) is 30.5 Å². The lowest BCUT2D eigenvalue weighted by Crippen LogP contribution is -2.55. The molecular formula is C19H30N2. The molecule has 0 aromatic heterocycles. The molecule has 2 N–H and O–H groups in total. The van der Waals surface area contributed by atoms with Crippen molar-refractivity contribution in [1.29, 1.82) is 0 Å². The molecule has 0 saturated carbocycles. The van der Waals surface area contributed by atoms with Crippen LogP contribution in [0.15, 0.2) is 24.3 Å². The number of fused-ring (bicyclic) bond motifs is 1. The van der Waals surface area contributed by atoms with Gasteiger partial charge in [-0.05, 0) is 48.6 Å². The smallest absolute Gasteiger partial charge is 0.0456 e. The number of hydrogen-bond acceptors (Lipinski definition) is 2. The molecule has 2 heteroatoms. The summed E-state index contributed by atoms with van der Waals surface area (Å²) >= 11 is 0. The van der Waals surface area contributed by atoms with Gasteiger partial charge in [0, 0.05) is 24.7 Å². The van der Waals surface area contributed by atoms with Gasteiger partial charge in [0.1, 0.15) is 0 Å². The van der Waals surface area contributed by atoms with Crippen LogP contribution < -0.4 is 5.73 Å². The van der Waals surface area contributed by atoms with Gasteiger partial charge in [-0.1, -0.05) is 45.0 Å². The monoisotopic (exact) mass is 286 g/mol. The maximum atomic E-state index is 6.70. The fourth-order valence-electron chi connectivity index (χ4n) is 4.64. The van der Waals surface area contributed by atoms with Crippen molar-refractivity contribution in [2.24, 2.45) is 17.6 Å². The van der Waals surface area contributed by atoms with Gasteiger partial charge in [-0.15, -0.1) is 0 Å². The van der Waals surface area contributed by atoms with Crippen molar-refractivity contribution in [3.8, 4) is 0 Å². The summed E-state index contributed by atoms with van der Waals surface area (Å²) in [6.45, 7) is 10.8. The second-order valence-corrected chi connectivity index (χ2v) is 7.61. The van der Waals surface area contributed by atoms with E-state index >= 15 is 0 Å². The van der Waals surface area contributed by atoms with Crippen LogP contribution in [-0.4, -0.2) is 23.5 Å². The zero-order chi connectivity index (χ0) is 15.1. The molecule has 1 heterocycles. The number of nitrogens with zero attached hydrogens (tertiary/aromatic N) is 1. The van der Waals surface area contributed by atoms with Gasteiger partial charge in [0.15, 0.2) is 0 Å². The minimum Gasteiger partial charge on any atom is -0.323 e. The molecule has 1 saturated heterocycles. The highest BCUT2D eigenvalue weighted by molar-refractivity contribution is 5.36. The molecule has 1 aliphatic carbocycles. The van der Waals surface area contributed by atoms with Crippen molar-refractivity contribution >= 4 is 0 Å². The van der Waals surface area contributed by atoms with E-state index < -0.39 is 0 Å². The van der Waals surface area contributed by atoms with Crippen LogP contribution in [0, 0.1) is 11.8 Å². The molecule has 2 nitrogen and oxygen atoms in total. The van der Waals surface area contributed by atoms with Gasteiger partial charge in [-0.3, -0.25) is 4.90 Å². The zero-order valence-corrected chi connectivity index (χ0v) is 13.9. The molecule has 1 aromatic rings. The first kappa shape index (κ1) is 15.1. The van der Waals surface area contributed by atoms with Crippen LogP contribution in [-0.2, 0) is 0 Å². The fraction of sp³-hybridized carbons (Fsp3) is 0.684. The van der Waals surface area contributed by atoms with E-state index in [9.17, 15) is 0 Å². The standard InChI is InChI=1S/C19H30N2/c1-12-9-13(2)15(4)21(11-12)18-10-14(3)16-7-5-6-8-17(16)19(18)20/h5-8,12-15,18-19H,9-11,20H2,1-4H3. The van der Waals surface area contributed by atoms with Crippen molar-refractivity contribution in [1.82, 2.24) is 4.90 Å². The van der Waals surface area contributed by atoms with Crippen LogP contribution in [0.1, 0.15) is 63.6 Å². The Morgan fingerprint density at radius 2 is 1.67 bits per heavy atom. The van der Waals surface area contributed by atoms with Gasteiger partial charge in [-0.25, -0.2) is 0 Å². The summed E-state index contributed by atoms with van der Waals surface area (Å²) < 4.78 is 0. The van der Waals surface area contributed by atoms with Crippen LogP contribution >= 0.6 is 0 Å². The number of benzene rings is 1. The Kier molecular flexibility index (Phi) is 4.11. The predicted octanol–water partition coefficient (Wildman–Crippen LogP) is 3.93. The third-order valence-corrected chi connectivity index (χ3v) is 5.96. The van der Waals surface area contributed by atoms with E-state index in [2.05, 4.69) is 56.9 Å². The average molecular weight is 286 g/mol. The van der Waals surface area contributed by atoms with Crippen molar-refractivity contribution < 1.29 is 0 Å². The lowest BCUT2D eigenvalue weighted by molar-refractivity contribution is 0.0209. The van der Waals surface area contributed by atoms with Crippen molar-refractivity contribution in [3.63, 3.8) is 0 Å². The van der Waals surface area contributed by atoms with E-state index in [1.807, 2.05) is 0 Å². The van der Waals surface area contributed by atoms with Crippen LogP contribution in [0.4, 0.5) is 0 Å². The highest BCUT2D eigenvalue weighted by atomic mass is 15.2. The van der Waals surface area contributed by atoms with Crippen molar-refractivity contribution in [2.45, 2.75) is 64.6 Å². The van der Waals surface area contributed by atoms with Gasteiger partial charge in [-0.2, -0.15) is 0 Å². The van der Waals surface area contributed by atoms with Crippen LogP contribution in [0.25, 0.3) is 0 Å². The molecule has 21 heavy (non-hydrogen) atoms. The first-order valence-electron chi connectivity index (χ1n) is 8.59. The van der Waals surface area contributed by atoms with E-state index in [0.29, 0.717) is 18.0 Å². The predicted molar refractivity (Wildman–Crippen MR) is 89.3 cm³/mol. The maximum absolute atomic E-state index is 6.70. The summed E-state index contributed by atoms with van der Waals surface area (Å²) in [5.74, 6) is 2.18. The Morgan fingerprint density at radius 1 is 1.00 bits per heavy atom. The lowest BCUT2D eigenvalue weighted by atomic mass is 9.75. The number of likely N-dealkylation sites (tertiary alicyclic amines) is 1. The number of nitrogens with two attached hydrogens (primary N) is 1. The van der Waals surface area contributed by atoms with E-state index in [-0.39, 0.29) is 6.04 Å². The molecule has 0 radical (unpaired) electrons. The van der Waals surface area contributed by atoms with Crippen LogP contribution in [0.3, 0.4) is 0 Å². The number of hydrogen-bond donors (Lipinski definition) is 1. The Balaban J connectivity index is 1.90. The first-order valence-corrected chi connectivity index (χ1v) is 8.59. The summed E-state index contributed by atoms with van der Waals surface area (Å²) in [6.07, 6.45) is 2.55. The molecule has 1 fully saturated rings. The molecule has 3 rings (SSSR count). The SMILES string of the molecule is CC1CC(C)C(C)N(C2CC(C)c3ccccc3C2N)C1. The third-order valence-electron chi connectivity index (χ3n) is 5.96. The van der Waals surface area contributed by atoms with E-state index in [4.69, 9.17) is 5.73 Å². The summed E-state index contributed by atoms with van der Waals surface area (Å²) in [5, 5.41) is 0. The van der Waals surface area contributed by atoms with E-state index in [1.54, 1.807) is 0 Å². The normalized spacial score (nSPS) is 40.8. The molecule has 2 aliphatic rings. The largest absolute Gasteiger partial charge is 0.323 e. The van der Waals surface area contributed by atoms with E-state index in [0.717, 1.165) is 11.8 Å². The van der Waals surface area contributed by atoms with Gasteiger partial charge >= 0.3 is 0 Å². The first-order chi connectivity index (χ1) is 9.99. The quantitative estimate of drug-likeness (QED) is 0.847. The third kappa shape index (κ3) is 2.64. The molecule has 0 spiro atoms.